The minimum absolute atomic E-state index is 0.243. The number of hydrogen-bond donors (Lipinski definition) is 2. The molecule has 5 nitrogen and oxygen atoms in total. The number of rotatable bonds is 3. The Morgan fingerprint density at radius 1 is 1.33 bits per heavy atom. The van der Waals surface area contributed by atoms with Crippen molar-refractivity contribution < 1.29 is 5.11 Å². The van der Waals surface area contributed by atoms with Crippen molar-refractivity contribution in [2.24, 2.45) is 7.05 Å². The van der Waals surface area contributed by atoms with E-state index >= 15 is 0 Å². The monoisotopic (exact) mass is 346 g/mol. The van der Waals surface area contributed by atoms with Gasteiger partial charge in [0.05, 0.1) is 22.1 Å². The highest BCUT2D eigenvalue weighted by Gasteiger charge is 2.07. The lowest BCUT2D eigenvalue weighted by atomic mass is 10.2. The fourth-order valence-corrected chi connectivity index (χ4v) is 2.70. The van der Waals surface area contributed by atoms with E-state index in [-0.39, 0.29) is 5.75 Å². The van der Waals surface area contributed by atoms with Crippen molar-refractivity contribution in [2.75, 3.05) is 5.32 Å². The van der Waals surface area contributed by atoms with Gasteiger partial charge in [-0.25, -0.2) is 4.98 Å². The Hall–Kier alpha value is -2.08. The first kappa shape index (κ1) is 13.9. The van der Waals surface area contributed by atoms with Gasteiger partial charge < -0.3 is 10.4 Å². The molecular formula is C15H15BrN4O. The normalized spacial score (nSPS) is 11.0. The third kappa shape index (κ3) is 2.71. The number of phenols is 1. The van der Waals surface area contributed by atoms with Crippen LogP contribution in [0.5, 0.6) is 5.75 Å². The molecule has 3 rings (SSSR count). The zero-order valence-electron chi connectivity index (χ0n) is 11.8. The molecule has 1 aromatic carbocycles. The fourth-order valence-electron chi connectivity index (χ4n) is 2.27. The molecule has 108 valence electrons. The van der Waals surface area contributed by atoms with Gasteiger partial charge >= 0.3 is 0 Å². The third-order valence-corrected chi connectivity index (χ3v) is 4.01. The molecule has 0 radical (unpaired) electrons. The number of nitrogens with zero attached hydrogens (tertiary/aromatic N) is 3. The van der Waals surface area contributed by atoms with Crippen molar-refractivity contribution in [3.63, 3.8) is 0 Å². The van der Waals surface area contributed by atoms with Crippen LogP contribution in [0, 0.1) is 6.92 Å². The zero-order valence-corrected chi connectivity index (χ0v) is 13.3. The fraction of sp³-hybridized carbons (Fsp3) is 0.200. The van der Waals surface area contributed by atoms with Crippen LogP contribution < -0.4 is 5.32 Å². The Morgan fingerprint density at radius 3 is 2.90 bits per heavy atom. The van der Waals surface area contributed by atoms with Crippen LogP contribution in [0.4, 0.5) is 5.69 Å². The summed E-state index contributed by atoms with van der Waals surface area (Å²) in [5.41, 5.74) is 3.87. The van der Waals surface area contributed by atoms with Crippen molar-refractivity contribution >= 4 is 32.7 Å². The molecule has 0 bridgehead atoms. The number of benzene rings is 1. The van der Waals surface area contributed by atoms with Crippen LogP contribution in [0.1, 0.15) is 11.3 Å². The van der Waals surface area contributed by atoms with E-state index in [9.17, 15) is 5.11 Å². The van der Waals surface area contributed by atoms with E-state index in [2.05, 4.69) is 37.4 Å². The van der Waals surface area contributed by atoms with E-state index < -0.39 is 0 Å². The minimum Gasteiger partial charge on any atom is -0.507 e. The number of nitrogens with one attached hydrogen (secondary N) is 1. The first-order valence-electron chi connectivity index (χ1n) is 6.55. The van der Waals surface area contributed by atoms with E-state index in [4.69, 9.17) is 0 Å². The highest BCUT2D eigenvalue weighted by molar-refractivity contribution is 9.10. The molecule has 0 unspecified atom stereocenters. The molecule has 0 aliphatic heterocycles. The van der Waals surface area contributed by atoms with Gasteiger partial charge in [-0.3, -0.25) is 4.68 Å². The number of halogens is 1. The largest absolute Gasteiger partial charge is 0.507 e. The minimum atomic E-state index is 0.243. The number of phenolic OH excluding ortho intramolecular Hbond substituents is 1. The average molecular weight is 347 g/mol. The molecule has 0 spiro atoms. The van der Waals surface area contributed by atoms with E-state index in [1.807, 2.05) is 26.1 Å². The first-order valence-corrected chi connectivity index (χ1v) is 7.34. The Morgan fingerprint density at radius 2 is 2.14 bits per heavy atom. The molecule has 0 amide bonds. The molecule has 2 aromatic heterocycles. The molecule has 2 N–H and O–H groups in total. The van der Waals surface area contributed by atoms with E-state index in [1.54, 1.807) is 16.9 Å². The Kier molecular flexibility index (Phi) is 3.55. The van der Waals surface area contributed by atoms with Gasteiger partial charge in [0.2, 0.25) is 0 Å². The summed E-state index contributed by atoms with van der Waals surface area (Å²) in [6.07, 6.45) is 1.80. The second kappa shape index (κ2) is 5.37. The maximum Gasteiger partial charge on any atom is 0.157 e. The lowest BCUT2D eigenvalue weighted by Crippen LogP contribution is -2.00. The third-order valence-electron chi connectivity index (χ3n) is 3.37. The molecule has 3 aromatic rings. The summed E-state index contributed by atoms with van der Waals surface area (Å²) >= 11 is 3.32. The van der Waals surface area contributed by atoms with E-state index in [0.717, 1.165) is 28.0 Å². The number of aromatic nitrogens is 3. The van der Waals surface area contributed by atoms with Gasteiger partial charge in [-0.2, -0.15) is 5.10 Å². The summed E-state index contributed by atoms with van der Waals surface area (Å²) in [7, 11) is 1.89. The van der Waals surface area contributed by atoms with Crippen molar-refractivity contribution in [3.8, 4) is 5.75 Å². The molecule has 0 aliphatic rings. The maximum absolute atomic E-state index is 9.49. The van der Waals surface area contributed by atoms with E-state index in [1.165, 1.54) is 0 Å². The Labute approximate surface area is 130 Å². The number of pyridine rings is 1. The quantitative estimate of drug-likeness (QED) is 0.763. The summed E-state index contributed by atoms with van der Waals surface area (Å²) in [5, 5.41) is 18.2. The van der Waals surface area contributed by atoms with Gasteiger partial charge in [-0.15, -0.1) is 0 Å². The molecule has 0 fully saturated rings. The van der Waals surface area contributed by atoms with Crippen LogP contribution >= 0.6 is 15.9 Å². The van der Waals surface area contributed by atoms with Gasteiger partial charge in [0.25, 0.3) is 0 Å². The highest BCUT2D eigenvalue weighted by atomic mass is 79.9. The van der Waals surface area contributed by atoms with Crippen LogP contribution in [0.15, 0.2) is 34.9 Å². The molecule has 21 heavy (non-hydrogen) atoms. The molecule has 2 heterocycles. The number of hydrogen-bond acceptors (Lipinski definition) is 4. The molecular weight excluding hydrogens is 332 g/mol. The molecule has 0 saturated carbocycles. The van der Waals surface area contributed by atoms with Gasteiger partial charge in [0.1, 0.15) is 5.75 Å². The van der Waals surface area contributed by atoms with Gasteiger partial charge in [0.15, 0.2) is 5.65 Å². The summed E-state index contributed by atoms with van der Waals surface area (Å²) < 4.78 is 2.48. The standard InChI is InChI=1S/C15H15BrN4O/c1-9-12-6-11(8-18-15(12)20(2)19-9)17-7-10-3-4-14(21)13(16)5-10/h3-6,8,17,21H,7H2,1-2H3. The Balaban J connectivity index is 1.81. The molecule has 0 aliphatic carbocycles. The maximum atomic E-state index is 9.49. The smallest absolute Gasteiger partial charge is 0.157 e. The lowest BCUT2D eigenvalue weighted by molar-refractivity contribution is 0.471. The summed E-state index contributed by atoms with van der Waals surface area (Å²) in [4.78, 5) is 4.43. The summed E-state index contributed by atoms with van der Waals surface area (Å²) in [5.74, 6) is 0.243. The number of aromatic hydroxyl groups is 1. The van der Waals surface area contributed by atoms with Crippen LogP contribution in [-0.4, -0.2) is 19.9 Å². The highest BCUT2D eigenvalue weighted by Crippen LogP contribution is 2.25. The van der Waals surface area contributed by atoms with Crippen LogP contribution in [0.25, 0.3) is 11.0 Å². The SMILES string of the molecule is Cc1nn(C)c2ncc(NCc3ccc(O)c(Br)c3)cc12. The second-order valence-corrected chi connectivity index (χ2v) is 5.80. The number of anilines is 1. The van der Waals surface area contributed by atoms with Gasteiger partial charge in [-0.05, 0) is 46.6 Å². The van der Waals surface area contributed by atoms with Gasteiger partial charge in [-0.1, -0.05) is 6.07 Å². The van der Waals surface area contributed by atoms with Crippen molar-refractivity contribution in [1.82, 2.24) is 14.8 Å². The molecule has 0 atom stereocenters. The van der Waals surface area contributed by atoms with Crippen LogP contribution in [-0.2, 0) is 13.6 Å². The second-order valence-electron chi connectivity index (χ2n) is 4.94. The predicted octanol–water partition coefficient (Wildman–Crippen LogP) is 3.36. The Bertz CT molecular complexity index is 813. The number of aryl methyl sites for hydroxylation is 2. The summed E-state index contributed by atoms with van der Waals surface area (Å²) in [6, 6.07) is 7.51. The van der Waals surface area contributed by atoms with Crippen molar-refractivity contribution in [3.05, 3.63) is 46.2 Å². The average Bonchev–Trinajstić information content (AvgIpc) is 2.75. The van der Waals surface area contributed by atoms with Crippen LogP contribution in [0.2, 0.25) is 0 Å². The summed E-state index contributed by atoms with van der Waals surface area (Å²) in [6.45, 7) is 2.64. The number of fused-ring (bicyclic) bond motifs is 1. The first-order chi connectivity index (χ1) is 10.0. The topological polar surface area (TPSA) is 63.0 Å². The van der Waals surface area contributed by atoms with Crippen LogP contribution in [0.3, 0.4) is 0 Å². The van der Waals surface area contributed by atoms with Crippen molar-refractivity contribution in [1.29, 1.82) is 0 Å². The molecule has 6 heteroatoms. The predicted molar refractivity (Wildman–Crippen MR) is 86.4 cm³/mol. The molecule has 0 saturated heterocycles. The van der Waals surface area contributed by atoms with Gasteiger partial charge in [0, 0.05) is 19.0 Å². The lowest BCUT2D eigenvalue weighted by Gasteiger charge is -2.07. The van der Waals surface area contributed by atoms with Crippen molar-refractivity contribution in [2.45, 2.75) is 13.5 Å². The zero-order chi connectivity index (χ0) is 15.0. The van der Waals surface area contributed by atoms with E-state index in [0.29, 0.717) is 11.0 Å².